The van der Waals surface area contributed by atoms with Crippen LogP contribution in [-0.2, 0) is 33.2 Å². The number of hydrogen-bond donors (Lipinski definition) is 0. The van der Waals surface area contributed by atoms with Crippen molar-refractivity contribution >= 4 is 29.1 Å². The predicted octanol–water partition coefficient (Wildman–Crippen LogP) is 0.646. The molecule has 0 saturated carbocycles. The smallest absolute Gasteiger partial charge is 0.352 e. The fraction of sp³-hybridized carbons (Fsp3) is 0.263. The molecule has 10 heteroatoms. The molecule has 0 spiro atoms. The molecule has 1 atom stereocenters. The fourth-order valence-electron chi connectivity index (χ4n) is 3.12. The van der Waals surface area contributed by atoms with Crippen LogP contribution in [0, 0.1) is 0 Å². The third kappa shape index (κ3) is 3.23. The zero-order chi connectivity index (χ0) is 21.5. The van der Waals surface area contributed by atoms with E-state index in [1.807, 2.05) is 0 Å². The van der Waals surface area contributed by atoms with Crippen LogP contribution in [0.1, 0.15) is 11.1 Å². The topological polar surface area (TPSA) is 106 Å². The Morgan fingerprint density at radius 3 is 2.21 bits per heavy atom. The summed E-state index contributed by atoms with van der Waals surface area (Å²) in [5.41, 5.74) is -1.13. The average molecular weight is 421 g/mol. The number of benzene rings is 1. The molecule has 0 saturated heterocycles. The van der Waals surface area contributed by atoms with Crippen LogP contribution in [0.2, 0.25) is 5.02 Å². The predicted molar refractivity (Wildman–Crippen MR) is 103 cm³/mol. The number of nitrogens with zero attached hydrogens (tertiary/aromatic N) is 2. The molecule has 152 valence electrons. The number of fused-ring (bicyclic) bond motifs is 1. The molecule has 2 heterocycles. The molecule has 29 heavy (non-hydrogen) atoms. The Kier molecular flexibility index (Phi) is 5.34. The third-order valence-electron chi connectivity index (χ3n) is 4.58. The summed E-state index contributed by atoms with van der Waals surface area (Å²) in [6, 6.07) is 6.28. The van der Waals surface area contributed by atoms with Crippen molar-refractivity contribution in [3.63, 3.8) is 0 Å². The van der Waals surface area contributed by atoms with Gasteiger partial charge in [0.25, 0.3) is 5.56 Å². The van der Waals surface area contributed by atoms with Crippen LogP contribution in [0.3, 0.4) is 0 Å². The van der Waals surface area contributed by atoms with Gasteiger partial charge in [0.1, 0.15) is 5.56 Å². The largest absolute Gasteiger partial charge is 0.466 e. The average Bonchev–Trinajstić information content (AvgIpc) is 2.74. The maximum Gasteiger partial charge on any atom is 0.352 e. The highest BCUT2D eigenvalue weighted by molar-refractivity contribution is 6.30. The molecular formula is C19H17ClN2O7. The van der Waals surface area contributed by atoms with Gasteiger partial charge in [-0.15, -0.1) is 0 Å². The lowest BCUT2D eigenvalue weighted by atomic mass is 9.89. The highest BCUT2D eigenvalue weighted by Crippen LogP contribution is 2.38. The van der Waals surface area contributed by atoms with E-state index in [4.69, 9.17) is 25.8 Å². The third-order valence-corrected chi connectivity index (χ3v) is 4.83. The van der Waals surface area contributed by atoms with Crippen molar-refractivity contribution in [3.05, 3.63) is 66.8 Å². The Balaban J connectivity index is 2.53. The van der Waals surface area contributed by atoms with Crippen molar-refractivity contribution in [2.75, 3.05) is 14.2 Å². The van der Waals surface area contributed by atoms with Crippen LogP contribution in [0.25, 0.3) is 5.57 Å². The van der Waals surface area contributed by atoms with Crippen LogP contribution in [-0.4, -0.2) is 41.4 Å². The number of aromatic nitrogens is 2. The van der Waals surface area contributed by atoms with Gasteiger partial charge in [-0.25, -0.2) is 14.4 Å². The first-order chi connectivity index (χ1) is 13.7. The van der Waals surface area contributed by atoms with Crippen LogP contribution < -0.4 is 16.0 Å². The Hall–Kier alpha value is -3.33. The molecule has 0 aliphatic carbocycles. The molecule has 1 aliphatic heterocycles. The lowest BCUT2D eigenvalue weighted by Gasteiger charge is -2.29. The monoisotopic (exact) mass is 420 g/mol. The Morgan fingerprint density at radius 2 is 1.66 bits per heavy atom. The molecule has 1 aromatic carbocycles. The van der Waals surface area contributed by atoms with Crippen molar-refractivity contribution in [3.8, 4) is 5.88 Å². The Bertz CT molecular complexity index is 1160. The van der Waals surface area contributed by atoms with E-state index in [-0.39, 0.29) is 22.6 Å². The standard InChI is InChI=1S/C19H17ClN2O7/c1-21-15(23)13-11(9-5-7-10(20)8-6-9)12(17(24)27-3)14(18(25)28-4)29-16(13)22(2)19(21)26/h5-8,14H,1-4H3. The van der Waals surface area contributed by atoms with Crippen LogP contribution in [0.5, 0.6) is 5.88 Å². The minimum atomic E-state index is -1.54. The molecule has 0 fully saturated rings. The van der Waals surface area contributed by atoms with Gasteiger partial charge in [0.05, 0.1) is 19.8 Å². The molecule has 3 rings (SSSR count). The maximum atomic E-state index is 13.0. The van der Waals surface area contributed by atoms with Gasteiger partial charge in [0.15, 0.2) is 0 Å². The fourth-order valence-corrected chi connectivity index (χ4v) is 3.25. The second-order valence-corrected chi connectivity index (χ2v) is 6.63. The van der Waals surface area contributed by atoms with E-state index in [1.54, 1.807) is 24.3 Å². The van der Waals surface area contributed by atoms with Crippen molar-refractivity contribution < 1.29 is 23.8 Å². The number of halogens is 1. The van der Waals surface area contributed by atoms with Gasteiger partial charge < -0.3 is 14.2 Å². The lowest BCUT2D eigenvalue weighted by molar-refractivity contribution is -0.150. The number of hydrogen-bond acceptors (Lipinski definition) is 7. The molecule has 0 amide bonds. The molecule has 1 aliphatic rings. The minimum absolute atomic E-state index is 0.0579. The minimum Gasteiger partial charge on any atom is -0.466 e. The number of ether oxygens (including phenoxy) is 3. The van der Waals surface area contributed by atoms with E-state index in [9.17, 15) is 19.2 Å². The summed E-state index contributed by atoms with van der Waals surface area (Å²) in [5.74, 6) is -1.94. The van der Waals surface area contributed by atoms with Crippen molar-refractivity contribution in [1.82, 2.24) is 9.13 Å². The lowest BCUT2D eigenvalue weighted by Crippen LogP contribution is -2.45. The van der Waals surface area contributed by atoms with Gasteiger partial charge in [0.2, 0.25) is 12.0 Å². The first-order valence-corrected chi connectivity index (χ1v) is 8.74. The second kappa shape index (κ2) is 7.59. The van der Waals surface area contributed by atoms with Gasteiger partial charge in [0, 0.05) is 24.7 Å². The number of carbonyl (C=O) groups is 2. The summed E-state index contributed by atoms with van der Waals surface area (Å²) in [6.07, 6.45) is -1.54. The van der Waals surface area contributed by atoms with Gasteiger partial charge in [-0.3, -0.25) is 13.9 Å². The summed E-state index contributed by atoms with van der Waals surface area (Å²) in [4.78, 5) is 50.4. The summed E-state index contributed by atoms with van der Waals surface area (Å²) >= 11 is 5.96. The summed E-state index contributed by atoms with van der Waals surface area (Å²) in [7, 11) is 4.95. The Morgan fingerprint density at radius 1 is 1.03 bits per heavy atom. The van der Waals surface area contributed by atoms with Crippen molar-refractivity contribution in [2.24, 2.45) is 14.1 Å². The number of esters is 2. The maximum absolute atomic E-state index is 13.0. The van der Waals surface area contributed by atoms with E-state index in [0.717, 1.165) is 23.4 Å². The highest BCUT2D eigenvalue weighted by atomic mass is 35.5. The van der Waals surface area contributed by atoms with Gasteiger partial charge in [-0.05, 0) is 17.7 Å². The van der Waals surface area contributed by atoms with Crippen LogP contribution in [0.4, 0.5) is 0 Å². The van der Waals surface area contributed by atoms with Crippen LogP contribution >= 0.6 is 11.6 Å². The first-order valence-electron chi connectivity index (χ1n) is 8.36. The van der Waals surface area contributed by atoms with Gasteiger partial charge >= 0.3 is 17.6 Å². The van der Waals surface area contributed by atoms with E-state index >= 15 is 0 Å². The molecule has 2 aromatic rings. The molecular weight excluding hydrogens is 404 g/mol. The molecule has 0 bridgehead atoms. The SMILES string of the molecule is COC(=O)C1=C(c2ccc(Cl)cc2)c2c(n(C)c(=O)n(C)c2=O)OC1C(=O)OC. The molecule has 1 unspecified atom stereocenters. The van der Waals surface area contributed by atoms with E-state index < -0.39 is 29.3 Å². The molecule has 1 aromatic heterocycles. The van der Waals surface area contributed by atoms with Crippen LogP contribution in [0.15, 0.2) is 39.4 Å². The summed E-state index contributed by atoms with van der Waals surface area (Å²) in [5, 5.41) is 0.430. The van der Waals surface area contributed by atoms with E-state index in [2.05, 4.69) is 0 Å². The normalized spacial score (nSPS) is 15.4. The Labute approximate surface area is 169 Å². The quantitative estimate of drug-likeness (QED) is 0.671. The number of carbonyl (C=O) groups excluding carboxylic acids is 2. The van der Waals surface area contributed by atoms with Gasteiger partial charge in [-0.2, -0.15) is 0 Å². The summed E-state index contributed by atoms with van der Waals surface area (Å²) in [6.45, 7) is 0. The zero-order valence-electron chi connectivity index (χ0n) is 16.0. The molecule has 0 radical (unpaired) electrons. The van der Waals surface area contributed by atoms with Crippen molar-refractivity contribution in [1.29, 1.82) is 0 Å². The second-order valence-electron chi connectivity index (χ2n) is 6.19. The number of rotatable bonds is 3. The summed E-state index contributed by atoms with van der Waals surface area (Å²) < 4.78 is 17.2. The molecule has 0 N–H and O–H groups in total. The zero-order valence-corrected chi connectivity index (χ0v) is 16.8. The highest BCUT2D eigenvalue weighted by Gasteiger charge is 2.42. The number of methoxy groups -OCH3 is 2. The van der Waals surface area contributed by atoms with E-state index in [1.165, 1.54) is 14.1 Å². The van der Waals surface area contributed by atoms with E-state index in [0.29, 0.717) is 10.6 Å². The molecule has 9 nitrogen and oxygen atoms in total. The first kappa shape index (κ1) is 20.4. The van der Waals surface area contributed by atoms with Crippen molar-refractivity contribution in [2.45, 2.75) is 6.10 Å². The van der Waals surface area contributed by atoms with Gasteiger partial charge in [-0.1, -0.05) is 23.7 Å².